The van der Waals surface area contributed by atoms with Gasteiger partial charge in [0, 0.05) is 23.3 Å². The average molecular weight is 425 g/mol. The molecule has 1 N–H and O–H groups in total. The van der Waals surface area contributed by atoms with Crippen molar-refractivity contribution in [3.63, 3.8) is 0 Å². The number of hydrogen-bond donors (Lipinski definition) is 1. The summed E-state index contributed by atoms with van der Waals surface area (Å²) in [6.07, 6.45) is 2.13. The number of nitrogens with zero attached hydrogens (tertiary/aromatic N) is 1. The zero-order chi connectivity index (χ0) is 22.1. The van der Waals surface area contributed by atoms with Gasteiger partial charge in [-0.2, -0.15) is 0 Å². The Morgan fingerprint density at radius 1 is 0.969 bits per heavy atom. The maximum atomic E-state index is 13.0. The van der Waals surface area contributed by atoms with Gasteiger partial charge < -0.3 is 10.1 Å². The summed E-state index contributed by atoms with van der Waals surface area (Å²) in [5, 5.41) is 3.56. The van der Waals surface area contributed by atoms with Crippen LogP contribution in [0.25, 0.3) is 0 Å². The van der Waals surface area contributed by atoms with E-state index in [2.05, 4.69) is 5.32 Å². The van der Waals surface area contributed by atoms with Gasteiger partial charge in [0.15, 0.2) is 5.78 Å². The van der Waals surface area contributed by atoms with Crippen molar-refractivity contribution in [2.24, 2.45) is 10.9 Å². The zero-order valence-electron chi connectivity index (χ0n) is 17.9. The highest BCUT2D eigenvalue weighted by molar-refractivity contribution is 6.12. The third-order valence-corrected chi connectivity index (χ3v) is 6.22. The number of ether oxygens (including phenoxy) is 1. The number of fused-ring (bicyclic) bond motifs is 2. The molecule has 3 aromatic rings. The summed E-state index contributed by atoms with van der Waals surface area (Å²) in [6.45, 7) is 0. The van der Waals surface area contributed by atoms with Gasteiger partial charge in [-0.3, -0.25) is 14.6 Å². The number of benzene rings is 3. The Bertz CT molecular complexity index is 1220. The molecule has 32 heavy (non-hydrogen) atoms. The van der Waals surface area contributed by atoms with Gasteiger partial charge in [0.05, 0.1) is 30.4 Å². The smallest absolute Gasteiger partial charge is 0.193 e. The van der Waals surface area contributed by atoms with E-state index >= 15 is 0 Å². The molecule has 160 valence electrons. The molecule has 2 unspecified atom stereocenters. The first kappa shape index (κ1) is 20.2. The van der Waals surface area contributed by atoms with Crippen LogP contribution in [0.1, 0.15) is 46.8 Å². The van der Waals surface area contributed by atoms with Crippen LogP contribution in [0.3, 0.4) is 0 Å². The fourth-order valence-corrected chi connectivity index (χ4v) is 4.60. The molecule has 0 radical (unpaired) electrons. The number of anilines is 1. The molecule has 5 heteroatoms. The Morgan fingerprint density at radius 3 is 2.62 bits per heavy atom. The van der Waals surface area contributed by atoms with Gasteiger partial charge in [0.2, 0.25) is 0 Å². The molecular weight excluding hydrogens is 400 g/mol. The fourth-order valence-electron chi connectivity index (χ4n) is 4.60. The lowest BCUT2D eigenvalue weighted by atomic mass is 9.78. The highest BCUT2D eigenvalue weighted by Gasteiger charge is 2.38. The molecule has 1 aliphatic heterocycles. The van der Waals surface area contributed by atoms with Crippen molar-refractivity contribution in [3.05, 3.63) is 89.5 Å². The third-order valence-electron chi connectivity index (χ3n) is 6.22. The molecule has 0 saturated heterocycles. The lowest BCUT2D eigenvalue weighted by molar-refractivity contribution is -0.122. The first-order valence-corrected chi connectivity index (χ1v) is 10.9. The summed E-state index contributed by atoms with van der Waals surface area (Å²) in [6, 6.07) is 22.3. The normalized spacial score (nSPS) is 19.7. The van der Waals surface area contributed by atoms with Crippen LogP contribution in [0, 0.1) is 5.92 Å². The lowest BCUT2D eigenvalue weighted by Gasteiger charge is -2.30. The molecule has 0 bridgehead atoms. The SMILES string of the molecule is COc1cccc(C2Nc3ccc(C(=O)c4ccccc4)cc3N=C3CCCC(=O)C32)c1. The second-order valence-electron chi connectivity index (χ2n) is 8.23. The van der Waals surface area contributed by atoms with Gasteiger partial charge in [0.25, 0.3) is 0 Å². The van der Waals surface area contributed by atoms with Crippen LogP contribution in [0.4, 0.5) is 11.4 Å². The summed E-state index contributed by atoms with van der Waals surface area (Å²) in [7, 11) is 1.64. The second kappa shape index (κ2) is 8.42. The quantitative estimate of drug-likeness (QED) is 0.559. The van der Waals surface area contributed by atoms with E-state index in [0.29, 0.717) is 23.2 Å². The number of ketones is 2. The van der Waals surface area contributed by atoms with E-state index in [0.717, 1.165) is 35.6 Å². The number of rotatable bonds is 4. The van der Waals surface area contributed by atoms with E-state index in [1.165, 1.54) is 0 Å². The van der Waals surface area contributed by atoms with Crippen LogP contribution in [-0.4, -0.2) is 24.4 Å². The van der Waals surface area contributed by atoms with Crippen molar-refractivity contribution in [1.82, 2.24) is 0 Å². The summed E-state index contributed by atoms with van der Waals surface area (Å²) in [4.78, 5) is 30.9. The summed E-state index contributed by atoms with van der Waals surface area (Å²) in [5.74, 6) is 0.568. The predicted molar refractivity (Wildman–Crippen MR) is 125 cm³/mol. The van der Waals surface area contributed by atoms with Crippen molar-refractivity contribution in [2.45, 2.75) is 25.3 Å². The van der Waals surface area contributed by atoms with Crippen LogP contribution >= 0.6 is 0 Å². The Kier molecular flexibility index (Phi) is 5.31. The lowest BCUT2D eigenvalue weighted by Crippen LogP contribution is -2.36. The van der Waals surface area contributed by atoms with Gasteiger partial charge in [0.1, 0.15) is 11.5 Å². The first-order chi connectivity index (χ1) is 15.6. The molecule has 1 heterocycles. The highest BCUT2D eigenvalue weighted by atomic mass is 16.5. The van der Waals surface area contributed by atoms with E-state index in [-0.39, 0.29) is 23.5 Å². The van der Waals surface area contributed by atoms with Gasteiger partial charge in [-0.1, -0.05) is 42.5 Å². The first-order valence-electron chi connectivity index (χ1n) is 10.9. The summed E-state index contributed by atoms with van der Waals surface area (Å²) < 4.78 is 5.41. The van der Waals surface area contributed by atoms with Crippen molar-refractivity contribution < 1.29 is 14.3 Å². The van der Waals surface area contributed by atoms with Crippen LogP contribution in [0.5, 0.6) is 5.75 Å². The average Bonchev–Trinajstić information content (AvgIpc) is 3.01. The van der Waals surface area contributed by atoms with Crippen LogP contribution in [0.2, 0.25) is 0 Å². The molecule has 0 aromatic heterocycles. The van der Waals surface area contributed by atoms with E-state index < -0.39 is 0 Å². The Balaban J connectivity index is 1.58. The minimum Gasteiger partial charge on any atom is -0.497 e. The maximum absolute atomic E-state index is 13.0. The molecule has 1 fully saturated rings. The number of hydrogen-bond acceptors (Lipinski definition) is 5. The molecule has 2 aliphatic rings. The molecule has 3 aromatic carbocycles. The Labute approximate surface area is 187 Å². The Hall–Kier alpha value is -3.73. The summed E-state index contributed by atoms with van der Waals surface area (Å²) in [5.41, 5.74) is 4.60. The molecule has 1 aliphatic carbocycles. The number of carbonyl (C=O) groups is 2. The topological polar surface area (TPSA) is 67.8 Å². The zero-order valence-corrected chi connectivity index (χ0v) is 17.9. The molecule has 1 saturated carbocycles. The molecule has 5 nitrogen and oxygen atoms in total. The third kappa shape index (κ3) is 3.71. The van der Waals surface area contributed by atoms with E-state index in [9.17, 15) is 9.59 Å². The van der Waals surface area contributed by atoms with Crippen LogP contribution < -0.4 is 10.1 Å². The minimum absolute atomic E-state index is 0.0431. The van der Waals surface area contributed by atoms with Gasteiger partial charge in [-0.15, -0.1) is 0 Å². The maximum Gasteiger partial charge on any atom is 0.193 e. The van der Waals surface area contributed by atoms with Crippen LogP contribution in [-0.2, 0) is 4.79 Å². The molecular formula is C27H24N2O3. The van der Waals surface area contributed by atoms with E-state index in [1.54, 1.807) is 7.11 Å². The molecule has 5 rings (SSSR count). The molecule has 2 atom stereocenters. The Morgan fingerprint density at radius 2 is 1.81 bits per heavy atom. The molecule has 0 spiro atoms. The standard InChI is InChI=1S/C27H24N2O3/c1-32-20-10-5-9-18(15-20)26-25-22(11-6-12-24(25)30)28-23-16-19(13-14-21(23)29-26)27(31)17-7-3-2-4-8-17/h2-5,7-10,13-16,25-26,29H,6,11-12H2,1H3. The van der Waals surface area contributed by atoms with Gasteiger partial charge >= 0.3 is 0 Å². The number of carbonyl (C=O) groups excluding carboxylic acids is 2. The summed E-state index contributed by atoms with van der Waals surface area (Å²) >= 11 is 0. The fraction of sp³-hybridized carbons (Fsp3) is 0.222. The van der Waals surface area contributed by atoms with Crippen LogP contribution in [0.15, 0.2) is 77.8 Å². The van der Waals surface area contributed by atoms with Crippen molar-refractivity contribution in [2.75, 3.05) is 12.4 Å². The number of methoxy groups -OCH3 is 1. The van der Waals surface area contributed by atoms with Gasteiger partial charge in [-0.25, -0.2) is 0 Å². The van der Waals surface area contributed by atoms with Gasteiger partial charge in [-0.05, 0) is 48.7 Å². The number of nitrogens with one attached hydrogen (secondary N) is 1. The van der Waals surface area contributed by atoms with E-state index in [4.69, 9.17) is 9.73 Å². The minimum atomic E-state index is -0.337. The van der Waals surface area contributed by atoms with E-state index in [1.807, 2.05) is 72.8 Å². The number of aliphatic imine (C=N–C) groups is 1. The largest absolute Gasteiger partial charge is 0.497 e. The predicted octanol–water partition coefficient (Wildman–Crippen LogP) is 5.53. The number of Topliss-reactive ketones (excluding diaryl/α,β-unsaturated/α-hetero) is 1. The second-order valence-corrected chi connectivity index (χ2v) is 8.23. The molecule has 0 amide bonds. The highest BCUT2D eigenvalue weighted by Crippen LogP contribution is 2.41. The van der Waals surface area contributed by atoms with Crippen molar-refractivity contribution >= 4 is 28.7 Å². The van der Waals surface area contributed by atoms with Crippen molar-refractivity contribution in [3.8, 4) is 5.75 Å². The monoisotopic (exact) mass is 424 g/mol. The van der Waals surface area contributed by atoms with Crippen molar-refractivity contribution in [1.29, 1.82) is 0 Å².